The van der Waals surface area contributed by atoms with Crippen LogP contribution in [0.2, 0.25) is 0 Å². The van der Waals surface area contributed by atoms with Crippen LogP contribution in [-0.4, -0.2) is 288 Å². The quantitative estimate of drug-likeness (QED) is 0.0276. The SMILES string of the molecule is CC(=O)CN1CCN(CC(=O)[O-])CCN(C(CCCNC(=O)[C@@H](CO)NC(=O)[C@H](Cc2ccccc2)NC(=O)[C@H](CO)NC(=O)[C@H](Cc2cnc[nH]2)NC(=O)[C@H](C)NC(=O)[C@H](CC(=O)O)NC(=O)COCCOCCN)C(=O)O)CCN(CC(=O)[O-])CC1. The van der Waals surface area contributed by atoms with Crippen LogP contribution in [0, 0.1) is 0 Å². The number of aliphatic hydroxyl groups excluding tert-OH is 2. The zero-order chi connectivity index (χ0) is 65.1. The highest BCUT2D eigenvalue weighted by Crippen LogP contribution is 2.12. The Hall–Kier alpha value is -8.09. The summed E-state index contributed by atoms with van der Waals surface area (Å²) in [4.78, 5) is 168. The number of carboxylic acids is 4. The summed E-state index contributed by atoms with van der Waals surface area (Å²) in [6.07, 6.45) is 1.09. The summed E-state index contributed by atoms with van der Waals surface area (Å²) in [5, 5.41) is 80.7. The maximum absolute atomic E-state index is 14.0. The molecule has 1 saturated heterocycles. The monoisotopic (exact) mass is 1250 g/mol. The number of nitrogens with one attached hydrogen (secondary N) is 8. The van der Waals surface area contributed by atoms with Crippen molar-refractivity contribution >= 4 is 71.0 Å². The minimum atomic E-state index is -1.81. The Morgan fingerprint density at radius 1 is 0.636 bits per heavy atom. The second-order valence-electron chi connectivity index (χ2n) is 20.6. The van der Waals surface area contributed by atoms with Gasteiger partial charge >= 0.3 is 11.9 Å². The van der Waals surface area contributed by atoms with Crippen molar-refractivity contribution < 1.29 is 97.6 Å². The summed E-state index contributed by atoms with van der Waals surface area (Å²) in [5.74, 6) is -12.7. The number of aromatic nitrogens is 2. The summed E-state index contributed by atoms with van der Waals surface area (Å²) in [6.45, 7) is 0.398. The number of ether oxygens (including phenoxy) is 2. The van der Waals surface area contributed by atoms with Crippen LogP contribution in [0.4, 0.5) is 0 Å². The maximum atomic E-state index is 14.0. The van der Waals surface area contributed by atoms with Crippen molar-refractivity contribution in [1.29, 1.82) is 0 Å². The zero-order valence-corrected chi connectivity index (χ0v) is 49.2. The number of benzene rings is 1. The Morgan fingerprint density at radius 3 is 1.67 bits per heavy atom. The Balaban J connectivity index is 1.72. The van der Waals surface area contributed by atoms with E-state index >= 15 is 0 Å². The van der Waals surface area contributed by atoms with E-state index in [9.17, 15) is 88.2 Å². The van der Waals surface area contributed by atoms with Crippen molar-refractivity contribution in [3.63, 3.8) is 0 Å². The number of nitrogens with two attached hydrogens (primary N) is 1. The summed E-state index contributed by atoms with van der Waals surface area (Å²) >= 11 is 0. The minimum absolute atomic E-state index is 0.0110. The number of imidazole rings is 1. The molecule has 1 aliphatic heterocycles. The van der Waals surface area contributed by atoms with Crippen molar-refractivity contribution in [3.05, 3.63) is 54.1 Å². The first-order chi connectivity index (χ1) is 41.9. The molecule has 1 aromatic carbocycles. The van der Waals surface area contributed by atoms with Crippen LogP contribution in [0.15, 0.2) is 42.9 Å². The minimum Gasteiger partial charge on any atom is -0.549 e. The number of aromatic amines is 1. The van der Waals surface area contributed by atoms with Gasteiger partial charge in [-0.25, -0.2) is 4.98 Å². The van der Waals surface area contributed by atoms with Gasteiger partial charge in [-0.05, 0) is 32.3 Å². The highest BCUT2D eigenvalue weighted by atomic mass is 16.5. The first-order valence-corrected chi connectivity index (χ1v) is 28.3. The lowest BCUT2D eigenvalue weighted by atomic mass is 10.0. The molecule has 1 fully saturated rings. The first-order valence-electron chi connectivity index (χ1n) is 28.3. The molecule has 7 amide bonds. The lowest BCUT2D eigenvalue weighted by Crippen LogP contribution is -2.61. The van der Waals surface area contributed by atoms with E-state index < -0.39 is 147 Å². The van der Waals surface area contributed by atoms with Crippen LogP contribution in [-0.2, 0) is 79.8 Å². The summed E-state index contributed by atoms with van der Waals surface area (Å²) in [7, 11) is 0. The molecule has 0 saturated carbocycles. The third-order valence-corrected chi connectivity index (χ3v) is 13.5. The number of hydrogen-bond donors (Lipinski definition) is 13. The van der Waals surface area contributed by atoms with Crippen molar-refractivity contribution in [1.82, 2.24) is 66.8 Å². The molecular weight excluding hydrogens is 1160 g/mol. The van der Waals surface area contributed by atoms with Gasteiger partial charge < -0.3 is 97.6 Å². The van der Waals surface area contributed by atoms with E-state index in [1.54, 1.807) is 40.1 Å². The van der Waals surface area contributed by atoms with E-state index in [1.807, 2.05) is 0 Å². The smallest absolute Gasteiger partial charge is 0.320 e. The van der Waals surface area contributed by atoms with Crippen LogP contribution in [0.5, 0.6) is 0 Å². The summed E-state index contributed by atoms with van der Waals surface area (Å²) in [5.41, 5.74) is 6.14. The lowest BCUT2D eigenvalue weighted by molar-refractivity contribution is -0.307. The molecule has 1 unspecified atom stereocenters. The van der Waals surface area contributed by atoms with Crippen LogP contribution in [0.25, 0.3) is 0 Å². The van der Waals surface area contributed by atoms with Crippen molar-refractivity contribution in [2.24, 2.45) is 5.73 Å². The van der Waals surface area contributed by atoms with Gasteiger partial charge in [0, 0.05) is 103 Å². The van der Waals surface area contributed by atoms with Gasteiger partial charge in [-0.3, -0.25) is 67.5 Å². The number of carbonyl (C=O) groups is 12. The van der Waals surface area contributed by atoms with Crippen molar-refractivity contribution in [3.8, 4) is 0 Å². The third-order valence-electron chi connectivity index (χ3n) is 13.5. The molecule has 2 heterocycles. The van der Waals surface area contributed by atoms with Gasteiger partial charge in [-0.2, -0.15) is 0 Å². The number of nitrogens with zero attached hydrogens (tertiary/aromatic N) is 5. The van der Waals surface area contributed by atoms with Gasteiger partial charge in [-0.15, -0.1) is 0 Å². The topological polar surface area (TPSA) is 502 Å². The molecule has 34 heteroatoms. The number of amides is 7. The normalized spacial score (nSPS) is 16.2. The Labute approximate surface area is 506 Å². The second kappa shape index (κ2) is 40.4. The molecule has 34 nitrogen and oxygen atoms in total. The Morgan fingerprint density at radius 2 is 1.15 bits per heavy atom. The number of aliphatic hydroxyl groups is 2. The van der Waals surface area contributed by atoms with E-state index in [-0.39, 0.29) is 123 Å². The van der Waals surface area contributed by atoms with Gasteiger partial charge in [0.2, 0.25) is 41.4 Å². The standard InChI is InChI=1S/C54H84N14O20/c1-34(71)27-65-12-14-66(28-46(75)76)16-18-68(19-17-67(15-13-65)29-47(77)78)43(54(85)86)9-6-11-57-49(80)41(30-69)63-51(82)38(23-36-7-4-3-5-8-36)62-53(84)42(31-70)64-52(83)39(24-37-26-56-33-58-37)61-48(79)35(2)59-50(81)40(25-45(73)74)60-44(72)32-88-22-21-87-20-10-55/h3-5,7-8,26,33,35,38-43,69-70H,6,9-25,27-32,55H2,1-2H3,(H,56,58)(H,57,80)(H,59,81)(H,60,72)(H,61,79)(H,62,84)(H,63,82)(H,64,83)(H,73,74)(H,75,76)(H,77,78)(H,85,86)/p-2/t35-,38-,39-,40-,41+,42-,43?/m0/s1. The van der Waals surface area contributed by atoms with Crippen molar-refractivity contribution in [2.75, 3.05) is 125 Å². The number of carbonyl (C=O) groups excluding carboxylic acids is 10. The van der Waals surface area contributed by atoms with Gasteiger partial charge in [0.1, 0.15) is 54.7 Å². The van der Waals surface area contributed by atoms with Crippen molar-refractivity contribution in [2.45, 2.75) is 88.2 Å². The van der Waals surface area contributed by atoms with Crippen LogP contribution in [0.1, 0.15) is 44.4 Å². The van der Waals surface area contributed by atoms with Gasteiger partial charge in [0.05, 0.1) is 64.3 Å². The molecular formula is C54H82N14O20-2. The summed E-state index contributed by atoms with van der Waals surface area (Å²) in [6, 6.07) is -2.75. The lowest BCUT2D eigenvalue weighted by Gasteiger charge is -2.36. The molecule has 2 aromatic rings. The van der Waals surface area contributed by atoms with Gasteiger partial charge in [-0.1, -0.05) is 30.3 Å². The van der Waals surface area contributed by atoms with Crippen LogP contribution >= 0.6 is 0 Å². The van der Waals surface area contributed by atoms with Crippen LogP contribution in [0.3, 0.4) is 0 Å². The highest BCUT2D eigenvalue weighted by molar-refractivity contribution is 5.98. The molecule has 14 N–H and O–H groups in total. The number of hydrogen-bond acceptors (Lipinski definition) is 24. The van der Waals surface area contributed by atoms with E-state index in [0.717, 1.165) is 0 Å². The number of ketones is 1. The van der Waals surface area contributed by atoms with E-state index in [4.69, 9.17) is 15.2 Å². The summed E-state index contributed by atoms with van der Waals surface area (Å²) < 4.78 is 10.3. The average Bonchev–Trinajstić information content (AvgIpc) is 4.09. The Kier molecular flexibility index (Phi) is 34.0. The number of Topliss-reactive ketones (excluding diaryl/α,β-unsaturated/α-hetero) is 1. The van der Waals surface area contributed by atoms with E-state index in [2.05, 4.69) is 47.2 Å². The largest absolute Gasteiger partial charge is 0.549 e. The average molecular weight is 1250 g/mol. The van der Waals surface area contributed by atoms with Crippen LogP contribution < -0.4 is 53.2 Å². The first kappa shape index (κ1) is 74.2. The van der Waals surface area contributed by atoms with Gasteiger partial charge in [0.15, 0.2) is 0 Å². The third kappa shape index (κ3) is 29.1. The Bertz CT molecular complexity index is 2550. The molecule has 1 aliphatic rings. The number of carboxylic acid groups (broad SMARTS) is 4. The number of H-pyrrole nitrogens is 1. The zero-order valence-electron chi connectivity index (χ0n) is 49.2. The van der Waals surface area contributed by atoms with E-state index in [1.165, 1.54) is 36.2 Å². The highest BCUT2D eigenvalue weighted by Gasteiger charge is 2.34. The molecule has 1 aromatic heterocycles. The molecule has 0 radical (unpaired) electrons. The van der Waals surface area contributed by atoms with E-state index in [0.29, 0.717) is 11.3 Å². The predicted octanol–water partition coefficient (Wildman–Crippen LogP) is -9.77. The second-order valence-corrected chi connectivity index (χ2v) is 20.6. The molecule has 0 aliphatic carbocycles. The predicted molar refractivity (Wildman–Crippen MR) is 302 cm³/mol. The fraction of sp³-hybridized carbons (Fsp3) is 0.611. The molecule has 3 rings (SSSR count). The molecule has 0 bridgehead atoms. The molecule has 0 spiro atoms. The molecule has 7 atom stereocenters. The molecule has 88 heavy (non-hydrogen) atoms. The fourth-order valence-corrected chi connectivity index (χ4v) is 8.97. The fourth-order valence-electron chi connectivity index (χ4n) is 8.97. The van der Waals surface area contributed by atoms with Gasteiger partial charge in [0.25, 0.3) is 0 Å². The number of aliphatic carboxylic acids is 4. The molecule has 490 valence electrons. The number of rotatable bonds is 39. The maximum Gasteiger partial charge on any atom is 0.320 e.